The maximum absolute atomic E-state index is 6.05. The van der Waals surface area contributed by atoms with Gasteiger partial charge >= 0.3 is 0 Å². The molecule has 0 bridgehead atoms. The van der Waals surface area contributed by atoms with Crippen LogP contribution >= 0.6 is 23.2 Å². The van der Waals surface area contributed by atoms with E-state index in [4.69, 9.17) is 32.7 Å². The first-order valence-electron chi connectivity index (χ1n) is 5.83. The number of halogens is 2. The van der Waals surface area contributed by atoms with Crippen molar-refractivity contribution in [1.82, 2.24) is 0 Å². The second-order valence-electron chi connectivity index (χ2n) is 4.36. The number of rotatable bonds is 4. The molecule has 4 heteroatoms. The predicted octanol–water partition coefficient (Wildman–Crippen LogP) is 4.08. The molecule has 0 radical (unpaired) electrons. The molecule has 1 aromatic carbocycles. The summed E-state index contributed by atoms with van der Waals surface area (Å²) in [5.41, 5.74) is 0.849. The monoisotopic (exact) mass is 274 g/mol. The Morgan fingerprint density at radius 3 is 2.59 bits per heavy atom. The number of ether oxygens (including phenoxy) is 2. The fourth-order valence-corrected chi connectivity index (χ4v) is 2.48. The zero-order chi connectivity index (χ0) is 12.3. The summed E-state index contributed by atoms with van der Waals surface area (Å²) in [7, 11) is 0. The van der Waals surface area contributed by atoms with Gasteiger partial charge in [-0.3, -0.25) is 0 Å². The molecule has 1 aromatic rings. The third-order valence-corrected chi connectivity index (χ3v) is 3.64. The molecule has 2 unspecified atom stereocenters. The second-order valence-corrected chi connectivity index (χ2v) is 5.18. The van der Waals surface area contributed by atoms with E-state index in [0.717, 1.165) is 18.4 Å². The highest BCUT2D eigenvalue weighted by atomic mass is 35.5. The normalized spacial score (nSPS) is 24.2. The third-order valence-electron chi connectivity index (χ3n) is 2.93. The highest BCUT2D eigenvalue weighted by molar-refractivity contribution is 6.35. The molecule has 1 heterocycles. The molecule has 1 saturated heterocycles. The molecule has 1 aliphatic rings. The van der Waals surface area contributed by atoms with Crippen LogP contribution < -0.4 is 0 Å². The number of benzene rings is 1. The van der Waals surface area contributed by atoms with Crippen molar-refractivity contribution in [2.75, 3.05) is 6.61 Å². The van der Waals surface area contributed by atoms with Gasteiger partial charge in [0.15, 0.2) is 0 Å². The van der Waals surface area contributed by atoms with Crippen molar-refractivity contribution in [3.8, 4) is 0 Å². The molecule has 0 N–H and O–H groups in total. The van der Waals surface area contributed by atoms with E-state index in [-0.39, 0.29) is 6.10 Å². The summed E-state index contributed by atoms with van der Waals surface area (Å²) in [4.78, 5) is 0. The Labute approximate surface area is 112 Å². The lowest BCUT2D eigenvalue weighted by Gasteiger charge is -2.12. The Bertz CT molecular complexity index is 361. The first kappa shape index (κ1) is 13.2. The van der Waals surface area contributed by atoms with Gasteiger partial charge in [-0.05, 0) is 31.9 Å². The first-order valence-corrected chi connectivity index (χ1v) is 6.58. The zero-order valence-corrected chi connectivity index (χ0v) is 11.3. The van der Waals surface area contributed by atoms with Crippen LogP contribution in [0.15, 0.2) is 18.2 Å². The second kappa shape index (κ2) is 6.05. The molecule has 0 aromatic heterocycles. The minimum absolute atomic E-state index is 0.214. The van der Waals surface area contributed by atoms with Crippen LogP contribution in [-0.4, -0.2) is 18.8 Å². The Hall–Kier alpha value is -0.280. The molecule has 1 fully saturated rings. The van der Waals surface area contributed by atoms with Crippen molar-refractivity contribution in [3.63, 3.8) is 0 Å². The van der Waals surface area contributed by atoms with Crippen LogP contribution in [0.5, 0.6) is 0 Å². The Morgan fingerprint density at radius 2 is 2.00 bits per heavy atom. The van der Waals surface area contributed by atoms with Crippen molar-refractivity contribution < 1.29 is 9.47 Å². The first-order chi connectivity index (χ1) is 8.16. The number of hydrogen-bond acceptors (Lipinski definition) is 2. The van der Waals surface area contributed by atoms with Crippen molar-refractivity contribution in [2.45, 2.75) is 38.6 Å². The van der Waals surface area contributed by atoms with E-state index < -0.39 is 0 Å². The lowest BCUT2D eigenvalue weighted by molar-refractivity contribution is -0.0142. The van der Waals surface area contributed by atoms with Crippen LogP contribution in [0.2, 0.25) is 10.0 Å². The van der Waals surface area contributed by atoms with Gasteiger partial charge in [0.05, 0.1) is 25.4 Å². The van der Waals surface area contributed by atoms with E-state index in [2.05, 4.69) is 6.92 Å². The van der Waals surface area contributed by atoms with E-state index in [9.17, 15) is 0 Å². The molecular formula is C13H16Cl2O2. The van der Waals surface area contributed by atoms with Gasteiger partial charge in [0.2, 0.25) is 0 Å². The van der Waals surface area contributed by atoms with E-state index >= 15 is 0 Å². The lowest BCUT2D eigenvalue weighted by atomic mass is 10.2. The van der Waals surface area contributed by atoms with Crippen molar-refractivity contribution in [2.24, 2.45) is 0 Å². The quantitative estimate of drug-likeness (QED) is 0.824. The SMILES string of the molecule is CC1CCC(COCc2c(Cl)cccc2Cl)O1. The molecular weight excluding hydrogens is 259 g/mol. The van der Waals surface area contributed by atoms with Crippen LogP contribution in [-0.2, 0) is 16.1 Å². The van der Waals surface area contributed by atoms with Gasteiger partial charge in [-0.2, -0.15) is 0 Å². The summed E-state index contributed by atoms with van der Waals surface area (Å²) < 4.78 is 11.3. The van der Waals surface area contributed by atoms with Crippen molar-refractivity contribution in [3.05, 3.63) is 33.8 Å². The Morgan fingerprint density at radius 1 is 1.29 bits per heavy atom. The summed E-state index contributed by atoms with van der Waals surface area (Å²) >= 11 is 12.1. The average molecular weight is 275 g/mol. The molecule has 2 nitrogen and oxygen atoms in total. The standard InChI is InChI=1S/C13H16Cl2O2/c1-9-5-6-10(17-9)7-16-8-11-12(14)3-2-4-13(11)15/h2-4,9-10H,5-8H2,1H3. The average Bonchev–Trinajstić information content (AvgIpc) is 2.69. The molecule has 0 spiro atoms. The topological polar surface area (TPSA) is 18.5 Å². The van der Waals surface area contributed by atoms with E-state index in [1.165, 1.54) is 0 Å². The molecule has 0 saturated carbocycles. The Kier molecular flexibility index (Phi) is 4.69. The zero-order valence-electron chi connectivity index (χ0n) is 9.79. The molecule has 2 atom stereocenters. The molecule has 2 rings (SSSR count). The van der Waals surface area contributed by atoms with Crippen LogP contribution in [0.1, 0.15) is 25.3 Å². The van der Waals surface area contributed by atoms with Gasteiger partial charge in [-0.15, -0.1) is 0 Å². The summed E-state index contributed by atoms with van der Waals surface area (Å²) in [5, 5.41) is 1.30. The van der Waals surface area contributed by atoms with Crippen LogP contribution in [0.25, 0.3) is 0 Å². The van der Waals surface area contributed by atoms with Crippen LogP contribution in [0, 0.1) is 0 Å². The molecule has 0 aliphatic carbocycles. The largest absolute Gasteiger partial charge is 0.374 e. The van der Waals surface area contributed by atoms with Gasteiger partial charge < -0.3 is 9.47 Å². The molecule has 0 amide bonds. The van der Waals surface area contributed by atoms with Crippen molar-refractivity contribution >= 4 is 23.2 Å². The summed E-state index contributed by atoms with van der Waals surface area (Å²) in [6, 6.07) is 5.47. The molecule has 94 valence electrons. The van der Waals surface area contributed by atoms with Gasteiger partial charge in [0.1, 0.15) is 0 Å². The van der Waals surface area contributed by atoms with Crippen molar-refractivity contribution in [1.29, 1.82) is 0 Å². The summed E-state index contributed by atoms with van der Waals surface area (Å²) in [6.45, 7) is 3.13. The van der Waals surface area contributed by atoms with Gasteiger partial charge in [-0.1, -0.05) is 29.3 Å². The van der Waals surface area contributed by atoms with Gasteiger partial charge in [0.25, 0.3) is 0 Å². The van der Waals surface area contributed by atoms with E-state index in [0.29, 0.717) is 29.4 Å². The maximum atomic E-state index is 6.05. The van der Waals surface area contributed by atoms with Gasteiger partial charge in [0, 0.05) is 15.6 Å². The highest BCUT2D eigenvalue weighted by Gasteiger charge is 2.21. The maximum Gasteiger partial charge on any atom is 0.0813 e. The Balaban J connectivity index is 1.82. The van der Waals surface area contributed by atoms with E-state index in [1.54, 1.807) is 0 Å². The van der Waals surface area contributed by atoms with Crippen LogP contribution in [0.4, 0.5) is 0 Å². The minimum atomic E-state index is 0.214. The lowest BCUT2D eigenvalue weighted by Crippen LogP contribution is -2.15. The van der Waals surface area contributed by atoms with E-state index in [1.807, 2.05) is 18.2 Å². The molecule has 17 heavy (non-hydrogen) atoms. The fourth-order valence-electron chi connectivity index (χ4n) is 1.97. The van der Waals surface area contributed by atoms with Gasteiger partial charge in [-0.25, -0.2) is 0 Å². The number of hydrogen-bond donors (Lipinski definition) is 0. The fraction of sp³-hybridized carbons (Fsp3) is 0.538. The summed E-state index contributed by atoms with van der Waals surface area (Å²) in [6.07, 6.45) is 2.75. The highest BCUT2D eigenvalue weighted by Crippen LogP contribution is 2.25. The minimum Gasteiger partial charge on any atom is -0.374 e. The smallest absolute Gasteiger partial charge is 0.0813 e. The predicted molar refractivity (Wildman–Crippen MR) is 69.7 cm³/mol. The molecule has 1 aliphatic heterocycles. The summed E-state index contributed by atoms with van der Waals surface area (Å²) in [5.74, 6) is 0. The van der Waals surface area contributed by atoms with Crippen LogP contribution in [0.3, 0.4) is 0 Å². The third kappa shape index (κ3) is 3.59.